The fourth-order valence-corrected chi connectivity index (χ4v) is 1.24. The van der Waals surface area contributed by atoms with Crippen molar-refractivity contribution in [2.75, 3.05) is 33.8 Å². The second-order valence-electron chi connectivity index (χ2n) is 2.72. The first-order valence-electron chi connectivity index (χ1n) is 3.62. The molecule has 0 aromatic heterocycles. The van der Waals surface area contributed by atoms with E-state index in [1.807, 2.05) is 23.9 Å². The van der Waals surface area contributed by atoms with Crippen molar-refractivity contribution >= 4 is 11.6 Å². The highest BCUT2D eigenvalue weighted by atomic mass is 35.5. The monoisotopic (exact) mass is 176 g/mol. The summed E-state index contributed by atoms with van der Waals surface area (Å²) in [4.78, 5) is 3.91. The molecule has 0 saturated carbocycles. The summed E-state index contributed by atoms with van der Waals surface area (Å²) >= 11 is 5.77. The Balaban J connectivity index is 2.23. The molecule has 11 heavy (non-hydrogen) atoms. The summed E-state index contributed by atoms with van der Waals surface area (Å²) in [6.07, 6.45) is 0. The Morgan fingerprint density at radius 2 is 2.36 bits per heavy atom. The minimum Gasteiger partial charge on any atom is -0.360 e. The fourth-order valence-electron chi connectivity index (χ4n) is 0.982. The van der Waals surface area contributed by atoms with Gasteiger partial charge in [-0.3, -0.25) is 9.80 Å². The first kappa shape index (κ1) is 9.26. The summed E-state index contributed by atoms with van der Waals surface area (Å²) < 4.78 is 5.15. The van der Waals surface area contributed by atoms with Gasteiger partial charge in [-0.25, -0.2) is 0 Å². The third-order valence-electron chi connectivity index (χ3n) is 1.37. The summed E-state index contributed by atoms with van der Waals surface area (Å²) in [6, 6.07) is 0. The largest absolute Gasteiger partial charge is 0.360 e. The van der Waals surface area contributed by atoms with E-state index in [2.05, 4.69) is 6.67 Å². The molecule has 3 nitrogen and oxygen atoms in total. The molecule has 2 radical (unpaired) electrons. The van der Waals surface area contributed by atoms with E-state index >= 15 is 0 Å². The van der Waals surface area contributed by atoms with Crippen molar-refractivity contribution < 1.29 is 4.74 Å². The molecule has 0 bridgehead atoms. The zero-order valence-electron chi connectivity index (χ0n) is 6.88. The number of halogens is 1. The highest BCUT2D eigenvalue weighted by Crippen LogP contribution is 2.09. The van der Waals surface area contributed by atoms with Crippen molar-refractivity contribution in [1.82, 2.24) is 9.80 Å². The van der Waals surface area contributed by atoms with Crippen LogP contribution in [0.2, 0.25) is 0 Å². The molecule has 1 aliphatic heterocycles. The predicted molar refractivity (Wildman–Crippen MR) is 44.1 cm³/mol. The molecule has 1 saturated heterocycles. The van der Waals surface area contributed by atoms with Crippen molar-refractivity contribution in [3.63, 3.8) is 0 Å². The molecule has 1 heterocycles. The van der Waals surface area contributed by atoms with E-state index in [1.54, 1.807) is 0 Å². The highest BCUT2D eigenvalue weighted by molar-refractivity contribution is 6.19. The molecule has 1 aliphatic rings. The van der Waals surface area contributed by atoms with E-state index in [4.69, 9.17) is 16.3 Å². The van der Waals surface area contributed by atoms with Crippen molar-refractivity contribution in [3.8, 4) is 0 Å². The molecule has 0 aliphatic carbocycles. The molecule has 64 valence electrons. The second kappa shape index (κ2) is 4.26. The van der Waals surface area contributed by atoms with Crippen LogP contribution in [0.1, 0.15) is 0 Å². The van der Waals surface area contributed by atoms with Crippen LogP contribution in [0.5, 0.6) is 0 Å². The van der Waals surface area contributed by atoms with E-state index < -0.39 is 0 Å². The maximum atomic E-state index is 5.77. The van der Waals surface area contributed by atoms with Crippen molar-refractivity contribution in [1.29, 1.82) is 0 Å². The van der Waals surface area contributed by atoms with Gasteiger partial charge < -0.3 is 4.74 Å². The summed E-state index contributed by atoms with van der Waals surface area (Å²) in [5, 5.41) is 0. The minimum absolute atomic E-state index is 0.184. The molecule has 1 atom stereocenters. The van der Waals surface area contributed by atoms with Gasteiger partial charge in [-0.05, 0) is 14.1 Å². The zero-order valence-corrected chi connectivity index (χ0v) is 7.64. The van der Waals surface area contributed by atoms with Crippen LogP contribution < -0.4 is 0 Å². The summed E-state index contributed by atoms with van der Waals surface area (Å²) in [7, 11) is 3.89. The van der Waals surface area contributed by atoms with Crippen LogP contribution in [-0.2, 0) is 4.74 Å². The zero-order chi connectivity index (χ0) is 8.27. The van der Waals surface area contributed by atoms with E-state index in [9.17, 15) is 0 Å². The summed E-state index contributed by atoms with van der Waals surface area (Å²) in [5.41, 5.74) is -0.184. The van der Waals surface area contributed by atoms with Crippen molar-refractivity contribution in [2.24, 2.45) is 0 Å². The van der Waals surface area contributed by atoms with E-state index in [0.717, 1.165) is 13.1 Å². The summed E-state index contributed by atoms with van der Waals surface area (Å²) in [5.74, 6) is 0. The maximum Gasteiger partial charge on any atom is 0.146 e. The fraction of sp³-hybridized carbons (Fsp3) is 0.857. The Hall–Kier alpha value is 0.170. The van der Waals surface area contributed by atoms with E-state index in [1.165, 1.54) is 0 Å². The molecular formula is C7H13ClN2O. The van der Waals surface area contributed by atoms with Gasteiger partial charge in [0.25, 0.3) is 0 Å². The molecular weight excluding hydrogens is 164 g/mol. The predicted octanol–water partition coefficient (Wildman–Crippen LogP) is 0.441. The molecule has 0 aromatic rings. The van der Waals surface area contributed by atoms with Gasteiger partial charge in [0.2, 0.25) is 0 Å². The number of hydrogen-bond acceptors (Lipinski definition) is 3. The Kier molecular flexibility index (Phi) is 3.59. The lowest BCUT2D eigenvalue weighted by molar-refractivity contribution is 0.0159. The average molecular weight is 177 g/mol. The Labute approximate surface area is 72.9 Å². The van der Waals surface area contributed by atoms with E-state index in [-0.39, 0.29) is 5.56 Å². The maximum absolute atomic E-state index is 5.77. The second-order valence-corrected chi connectivity index (χ2v) is 3.21. The van der Waals surface area contributed by atoms with Crippen molar-refractivity contribution in [3.05, 3.63) is 6.67 Å². The quantitative estimate of drug-likeness (QED) is 0.449. The van der Waals surface area contributed by atoms with Crippen molar-refractivity contribution in [2.45, 2.75) is 5.56 Å². The Bertz CT molecular complexity index is 119. The van der Waals surface area contributed by atoms with E-state index in [0.29, 0.717) is 6.61 Å². The lowest BCUT2D eigenvalue weighted by atomic mass is 10.4. The van der Waals surface area contributed by atoms with Gasteiger partial charge in [0.15, 0.2) is 0 Å². The lowest BCUT2D eigenvalue weighted by Gasteiger charge is -2.30. The van der Waals surface area contributed by atoms with Crippen LogP contribution >= 0.6 is 11.6 Å². The van der Waals surface area contributed by atoms with Crippen LogP contribution in [0.3, 0.4) is 0 Å². The first-order valence-corrected chi connectivity index (χ1v) is 4.06. The van der Waals surface area contributed by atoms with Gasteiger partial charge in [0.05, 0.1) is 6.61 Å². The number of nitrogens with zero attached hydrogens (tertiary/aromatic N) is 2. The Morgan fingerprint density at radius 1 is 1.64 bits per heavy atom. The van der Waals surface area contributed by atoms with Gasteiger partial charge in [0, 0.05) is 13.1 Å². The van der Waals surface area contributed by atoms with Gasteiger partial charge in [-0.1, -0.05) is 11.6 Å². The Morgan fingerprint density at radius 3 is 2.91 bits per heavy atom. The number of alkyl halides is 1. The number of ether oxygens (including phenoxy) is 1. The topological polar surface area (TPSA) is 15.7 Å². The molecule has 1 rings (SSSR count). The van der Waals surface area contributed by atoms with Crippen LogP contribution in [0.15, 0.2) is 0 Å². The summed E-state index contributed by atoms with van der Waals surface area (Å²) in [6.45, 7) is 5.40. The van der Waals surface area contributed by atoms with Crippen LogP contribution in [0.4, 0.5) is 0 Å². The van der Waals surface area contributed by atoms with Crippen LogP contribution in [0.25, 0.3) is 0 Å². The number of hydrogen-bond donors (Lipinski definition) is 0. The van der Waals surface area contributed by atoms with Gasteiger partial charge >= 0.3 is 0 Å². The smallest absolute Gasteiger partial charge is 0.146 e. The van der Waals surface area contributed by atoms with Gasteiger partial charge in [-0.2, -0.15) is 0 Å². The third-order valence-corrected chi connectivity index (χ3v) is 1.63. The van der Waals surface area contributed by atoms with Crippen LogP contribution in [0, 0.1) is 6.67 Å². The highest BCUT2D eigenvalue weighted by Gasteiger charge is 2.18. The standard InChI is InChI=1S/C7H13ClN2O/c1-9(2)6-10-3-4-11-7(8)5-10/h7H,3-5H2,1-2H3. The molecule has 1 fully saturated rings. The normalized spacial score (nSPS) is 27.8. The SMILES string of the molecule is CN(C)[C]N1CCOC(Cl)C1. The third kappa shape index (κ3) is 3.38. The molecule has 0 amide bonds. The van der Waals surface area contributed by atoms with Crippen LogP contribution in [-0.4, -0.2) is 49.2 Å². The minimum atomic E-state index is -0.184. The molecule has 4 heteroatoms. The number of morpholine rings is 1. The molecule has 0 spiro atoms. The number of rotatable bonds is 2. The van der Waals surface area contributed by atoms with Gasteiger partial charge in [0.1, 0.15) is 12.2 Å². The first-order chi connectivity index (χ1) is 5.18. The van der Waals surface area contributed by atoms with Gasteiger partial charge in [-0.15, -0.1) is 0 Å². The lowest BCUT2D eigenvalue weighted by Crippen LogP contribution is -2.41. The molecule has 0 aromatic carbocycles. The molecule has 0 N–H and O–H groups in total. The average Bonchev–Trinajstić information content (AvgIpc) is 1.85. The molecule has 1 unspecified atom stereocenters.